The highest BCUT2D eigenvalue weighted by Gasteiger charge is 2.09. The van der Waals surface area contributed by atoms with Crippen molar-refractivity contribution in [2.24, 2.45) is 7.05 Å². The van der Waals surface area contributed by atoms with Crippen LogP contribution in [0, 0.1) is 13.8 Å². The lowest BCUT2D eigenvalue weighted by Gasteiger charge is -2.03. The molecule has 2 aromatic heterocycles. The van der Waals surface area contributed by atoms with E-state index in [1.807, 2.05) is 33.0 Å². The first kappa shape index (κ1) is 13.7. The van der Waals surface area contributed by atoms with E-state index in [-0.39, 0.29) is 0 Å². The van der Waals surface area contributed by atoms with Crippen molar-refractivity contribution in [3.8, 4) is 5.88 Å². The molecule has 0 saturated heterocycles. The number of hydrogen-bond donors (Lipinski definition) is 1. The maximum Gasteiger partial charge on any atom is 0.212 e. The van der Waals surface area contributed by atoms with E-state index in [1.165, 1.54) is 0 Å². The first-order chi connectivity index (χ1) is 9.10. The quantitative estimate of drug-likeness (QED) is 0.869. The molecule has 0 aliphatic rings. The van der Waals surface area contributed by atoms with Gasteiger partial charge in [-0.1, -0.05) is 6.92 Å². The maximum atomic E-state index is 5.77. The Balaban J connectivity index is 1.98. The van der Waals surface area contributed by atoms with Gasteiger partial charge in [0, 0.05) is 13.1 Å². The summed E-state index contributed by atoms with van der Waals surface area (Å²) in [6.45, 7) is 8.18. The van der Waals surface area contributed by atoms with Gasteiger partial charge < -0.3 is 14.5 Å². The van der Waals surface area contributed by atoms with Crippen LogP contribution in [-0.2, 0) is 20.2 Å². The van der Waals surface area contributed by atoms with Crippen molar-refractivity contribution in [3.63, 3.8) is 0 Å². The van der Waals surface area contributed by atoms with Gasteiger partial charge in [0.2, 0.25) is 5.88 Å². The molecule has 1 N–H and O–H groups in total. The highest BCUT2D eigenvalue weighted by atomic mass is 16.5. The topological polar surface area (TPSA) is 52.2 Å². The highest BCUT2D eigenvalue weighted by Crippen LogP contribution is 2.18. The fourth-order valence-corrected chi connectivity index (χ4v) is 1.94. The SMILES string of the molecule is CCNCc1oc(COc2cc(C)nn2C)cc1C. The fourth-order valence-electron chi connectivity index (χ4n) is 1.94. The molecule has 0 radical (unpaired) electrons. The summed E-state index contributed by atoms with van der Waals surface area (Å²) < 4.78 is 13.2. The van der Waals surface area contributed by atoms with Crippen LogP contribution in [0.3, 0.4) is 0 Å². The minimum absolute atomic E-state index is 0.423. The predicted molar refractivity (Wildman–Crippen MR) is 73.1 cm³/mol. The van der Waals surface area contributed by atoms with Crippen molar-refractivity contribution in [1.82, 2.24) is 15.1 Å². The van der Waals surface area contributed by atoms with E-state index in [0.29, 0.717) is 6.61 Å². The fraction of sp³-hybridized carbons (Fsp3) is 0.500. The van der Waals surface area contributed by atoms with E-state index >= 15 is 0 Å². The molecule has 0 aliphatic heterocycles. The third kappa shape index (κ3) is 3.38. The minimum Gasteiger partial charge on any atom is -0.470 e. The van der Waals surface area contributed by atoms with Crippen LogP contribution in [0.25, 0.3) is 0 Å². The predicted octanol–water partition coefficient (Wildman–Crippen LogP) is 2.32. The Labute approximate surface area is 113 Å². The van der Waals surface area contributed by atoms with Crippen molar-refractivity contribution in [2.75, 3.05) is 6.54 Å². The van der Waals surface area contributed by atoms with Crippen LogP contribution >= 0.6 is 0 Å². The van der Waals surface area contributed by atoms with Crippen LogP contribution in [0.15, 0.2) is 16.5 Å². The van der Waals surface area contributed by atoms with Crippen molar-refractivity contribution >= 4 is 0 Å². The smallest absolute Gasteiger partial charge is 0.212 e. The van der Waals surface area contributed by atoms with Crippen molar-refractivity contribution in [2.45, 2.75) is 33.9 Å². The Bertz CT molecular complexity index is 543. The summed E-state index contributed by atoms with van der Waals surface area (Å²) >= 11 is 0. The second-order valence-corrected chi connectivity index (χ2v) is 4.64. The van der Waals surface area contributed by atoms with Crippen molar-refractivity contribution in [1.29, 1.82) is 0 Å². The molecule has 2 rings (SSSR count). The molecule has 19 heavy (non-hydrogen) atoms. The second-order valence-electron chi connectivity index (χ2n) is 4.64. The maximum absolute atomic E-state index is 5.77. The van der Waals surface area contributed by atoms with Gasteiger partial charge in [0.15, 0.2) is 0 Å². The van der Waals surface area contributed by atoms with E-state index in [4.69, 9.17) is 9.15 Å². The molecule has 0 fully saturated rings. The summed E-state index contributed by atoms with van der Waals surface area (Å²) in [6, 6.07) is 3.94. The largest absolute Gasteiger partial charge is 0.470 e. The Morgan fingerprint density at radius 2 is 2.16 bits per heavy atom. The summed E-state index contributed by atoms with van der Waals surface area (Å²) in [5, 5.41) is 7.49. The Morgan fingerprint density at radius 3 is 2.79 bits per heavy atom. The summed E-state index contributed by atoms with van der Waals surface area (Å²) in [4.78, 5) is 0. The van der Waals surface area contributed by atoms with Crippen LogP contribution in [-0.4, -0.2) is 16.3 Å². The molecule has 5 heteroatoms. The molecule has 0 unspecified atom stereocenters. The lowest BCUT2D eigenvalue weighted by molar-refractivity contribution is 0.245. The summed E-state index contributed by atoms with van der Waals surface area (Å²) in [5.41, 5.74) is 2.10. The number of hydrogen-bond acceptors (Lipinski definition) is 4. The molecule has 2 aromatic rings. The zero-order valence-corrected chi connectivity index (χ0v) is 12.0. The summed E-state index contributed by atoms with van der Waals surface area (Å²) in [5.74, 6) is 2.56. The van der Waals surface area contributed by atoms with Gasteiger partial charge in [0.25, 0.3) is 0 Å². The van der Waals surface area contributed by atoms with Gasteiger partial charge in [-0.2, -0.15) is 5.10 Å². The van der Waals surface area contributed by atoms with E-state index in [2.05, 4.69) is 17.3 Å². The van der Waals surface area contributed by atoms with Crippen LogP contribution in [0.2, 0.25) is 0 Å². The van der Waals surface area contributed by atoms with Crippen LogP contribution < -0.4 is 10.1 Å². The molecule has 0 spiro atoms. The molecular weight excluding hydrogens is 242 g/mol. The van der Waals surface area contributed by atoms with Gasteiger partial charge in [0.05, 0.1) is 12.2 Å². The van der Waals surface area contributed by atoms with Crippen LogP contribution in [0.1, 0.15) is 29.7 Å². The third-order valence-corrected chi connectivity index (χ3v) is 2.93. The number of nitrogens with one attached hydrogen (secondary N) is 1. The molecule has 5 nitrogen and oxygen atoms in total. The number of nitrogens with zero attached hydrogens (tertiary/aromatic N) is 2. The average Bonchev–Trinajstić information content (AvgIpc) is 2.87. The van der Waals surface area contributed by atoms with Gasteiger partial charge in [-0.15, -0.1) is 0 Å². The van der Waals surface area contributed by atoms with E-state index < -0.39 is 0 Å². The first-order valence-electron chi connectivity index (χ1n) is 6.52. The normalized spacial score (nSPS) is 10.9. The highest BCUT2D eigenvalue weighted by molar-refractivity contribution is 5.20. The van der Waals surface area contributed by atoms with E-state index in [0.717, 1.165) is 41.7 Å². The van der Waals surface area contributed by atoms with Gasteiger partial charge in [-0.05, 0) is 32.0 Å². The molecular formula is C14H21N3O2. The van der Waals surface area contributed by atoms with Crippen LogP contribution in [0.5, 0.6) is 5.88 Å². The van der Waals surface area contributed by atoms with Gasteiger partial charge in [-0.25, -0.2) is 4.68 Å². The molecule has 0 aromatic carbocycles. The lowest BCUT2D eigenvalue weighted by atomic mass is 10.2. The molecule has 0 amide bonds. The second kappa shape index (κ2) is 5.93. The first-order valence-corrected chi connectivity index (χ1v) is 6.52. The Hall–Kier alpha value is -1.75. The van der Waals surface area contributed by atoms with E-state index in [9.17, 15) is 0 Å². The van der Waals surface area contributed by atoms with Crippen molar-refractivity contribution in [3.05, 3.63) is 34.9 Å². The van der Waals surface area contributed by atoms with Crippen molar-refractivity contribution < 1.29 is 9.15 Å². The molecule has 104 valence electrons. The number of furan rings is 1. The lowest BCUT2D eigenvalue weighted by Crippen LogP contribution is -2.11. The molecule has 0 bridgehead atoms. The molecule has 0 atom stereocenters. The molecule has 0 saturated carbocycles. The van der Waals surface area contributed by atoms with Crippen LogP contribution in [0.4, 0.5) is 0 Å². The monoisotopic (exact) mass is 263 g/mol. The Kier molecular flexibility index (Phi) is 4.27. The number of ether oxygens (including phenoxy) is 1. The molecule has 0 aliphatic carbocycles. The summed E-state index contributed by atoms with van der Waals surface area (Å²) in [6.07, 6.45) is 0. The zero-order chi connectivity index (χ0) is 13.8. The van der Waals surface area contributed by atoms with Gasteiger partial charge in [0.1, 0.15) is 18.1 Å². The number of aryl methyl sites for hydroxylation is 3. The molecule has 2 heterocycles. The average molecular weight is 263 g/mol. The third-order valence-electron chi connectivity index (χ3n) is 2.93. The minimum atomic E-state index is 0.423. The van der Waals surface area contributed by atoms with Gasteiger partial charge >= 0.3 is 0 Å². The number of rotatable bonds is 6. The number of aromatic nitrogens is 2. The summed E-state index contributed by atoms with van der Waals surface area (Å²) in [7, 11) is 1.87. The Morgan fingerprint density at radius 1 is 1.37 bits per heavy atom. The van der Waals surface area contributed by atoms with Gasteiger partial charge in [-0.3, -0.25) is 0 Å². The standard InChI is InChI=1S/C14H21N3O2/c1-5-15-8-13-10(2)6-12(19-13)9-18-14-7-11(3)16-17(14)4/h6-7,15H,5,8-9H2,1-4H3. The zero-order valence-electron chi connectivity index (χ0n) is 12.0. The van der Waals surface area contributed by atoms with E-state index in [1.54, 1.807) is 4.68 Å².